The Balaban J connectivity index is 1.78. The number of hydrogen-bond acceptors (Lipinski definition) is 4. The van der Waals surface area contributed by atoms with Crippen LogP contribution in [0.15, 0.2) is 48.5 Å². The molecule has 0 radical (unpaired) electrons. The van der Waals surface area contributed by atoms with Gasteiger partial charge in [0.15, 0.2) is 0 Å². The van der Waals surface area contributed by atoms with Crippen LogP contribution in [0.1, 0.15) is 43.7 Å². The number of methoxy groups -OCH3 is 2. The van der Waals surface area contributed by atoms with Gasteiger partial charge in [0, 0.05) is 30.8 Å². The third-order valence-electron chi connectivity index (χ3n) is 6.39. The maximum Gasteiger partial charge on any atom is 0.228 e. The Kier molecular flexibility index (Phi) is 6.44. The largest absolute Gasteiger partial charge is 0.497 e. The lowest BCUT2D eigenvalue weighted by Crippen LogP contribution is -2.50. The molecule has 2 atom stereocenters. The number of nitrogens with zero attached hydrogens (tertiary/aromatic N) is 2. The Morgan fingerprint density at radius 3 is 2.32 bits per heavy atom. The molecular formula is C25H30N2O4. The first-order chi connectivity index (χ1) is 15.1. The van der Waals surface area contributed by atoms with E-state index in [0.717, 1.165) is 42.9 Å². The van der Waals surface area contributed by atoms with Crippen LogP contribution in [0.4, 0.5) is 5.69 Å². The molecule has 2 saturated heterocycles. The van der Waals surface area contributed by atoms with E-state index in [1.54, 1.807) is 19.1 Å². The van der Waals surface area contributed by atoms with Crippen molar-refractivity contribution in [3.63, 3.8) is 0 Å². The molecule has 2 heterocycles. The topological polar surface area (TPSA) is 59.1 Å². The van der Waals surface area contributed by atoms with E-state index >= 15 is 0 Å². The van der Waals surface area contributed by atoms with E-state index in [2.05, 4.69) is 0 Å². The highest BCUT2D eigenvalue weighted by Gasteiger charge is 2.44. The molecule has 2 aromatic rings. The molecule has 164 valence electrons. The first kappa shape index (κ1) is 21.2. The highest BCUT2D eigenvalue weighted by atomic mass is 16.5. The van der Waals surface area contributed by atoms with Crippen molar-refractivity contribution in [3.05, 3.63) is 54.1 Å². The Labute approximate surface area is 183 Å². The van der Waals surface area contributed by atoms with Crippen LogP contribution in [0.3, 0.4) is 0 Å². The van der Waals surface area contributed by atoms with Gasteiger partial charge in [-0.2, -0.15) is 0 Å². The van der Waals surface area contributed by atoms with Crippen molar-refractivity contribution in [2.45, 2.75) is 38.1 Å². The fourth-order valence-electron chi connectivity index (χ4n) is 4.81. The zero-order chi connectivity index (χ0) is 21.8. The number of para-hydroxylation sites is 1. The molecule has 6 nitrogen and oxygen atoms in total. The zero-order valence-electron chi connectivity index (χ0n) is 18.3. The van der Waals surface area contributed by atoms with Gasteiger partial charge in [0.05, 0.1) is 26.2 Å². The number of rotatable bonds is 5. The highest BCUT2D eigenvalue weighted by molar-refractivity contribution is 5.97. The second-order valence-electron chi connectivity index (χ2n) is 8.18. The van der Waals surface area contributed by atoms with Crippen LogP contribution in [0.2, 0.25) is 0 Å². The van der Waals surface area contributed by atoms with Gasteiger partial charge >= 0.3 is 0 Å². The van der Waals surface area contributed by atoms with E-state index in [1.807, 2.05) is 53.4 Å². The number of piperidine rings is 2. The normalized spacial score (nSPS) is 21.7. The lowest BCUT2D eigenvalue weighted by molar-refractivity contribution is -0.139. The predicted molar refractivity (Wildman–Crippen MR) is 119 cm³/mol. The summed E-state index contributed by atoms with van der Waals surface area (Å²) in [5.41, 5.74) is 1.63. The molecule has 2 unspecified atom stereocenters. The number of amides is 2. The van der Waals surface area contributed by atoms with Crippen molar-refractivity contribution < 1.29 is 19.1 Å². The fraction of sp³-hybridized carbons (Fsp3) is 0.440. The van der Waals surface area contributed by atoms with E-state index in [0.29, 0.717) is 18.6 Å². The van der Waals surface area contributed by atoms with Crippen molar-refractivity contribution in [1.29, 1.82) is 0 Å². The Morgan fingerprint density at radius 1 is 0.935 bits per heavy atom. The molecule has 2 aromatic carbocycles. The smallest absolute Gasteiger partial charge is 0.228 e. The van der Waals surface area contributed by atoms with E-state index in [4.69, 9.17) is 9.47 Å². The Morgan fingerprint density at radius 2 is 1.65 bits per heavy atom. The number of likely N-dealkylation sites (tertiary alicyclic amines) is 1. The maximum absolute atomic E-state index is 13.6. The van der Waals surface area contributed by atoms with Crippen molar-refractivity contribution in [1.82, 2.24) is 4.90 Å². The molecule has 2 aliphatic heterocycles. The second-order valence-corrected chi connectivity index (χ2v) is 8.18. The van der Waals surface area contributed by atoms with Crippen LogP contribution in [-0.2, 0) is 9.59 Å². The third-order valence-corrected chi connectivity index (χ3v) is 6.39. The standard InChI is InChI=1S/C25H30N2O4/c1-30-19-12-10-18(11-13-19)27-23(28)15-14-21(25(29)26-16-6-3-7-17-26)24(27)20-8-4-5-9-22(20)31-2/h4-5,8-13,21,24H,3,6-7,14-17H2,1-2H3. The number of benzene rings is 2. The van der Waals surface area contributed by atoms with Crippen LogP contribution in [0.25, 0.3) is 0 Å². The maximum atomic E-state index is 13.6. The monoisotopic (exact) mass is 422 g/mol. The molecule has 6 heteroatoms. The van der Waals surface area contributed by atoms with Crippen molar-refractivity contribution in [3.8, 4) is 11.5 Å². The van der Waals surface area contributed by atoms with Gasteiger partial charge in [-0.1, -0.05) is 18.2 Å². The zero-order valence-corrected chi connectivity index (χ0v) is 18.3. The van der Waals surface area contributed by atoms with Crippen LogP contribution in [0, 0.1) is 5.92 Å². The van der Waals surface area contributed by atoms with E-state index < -0.39 is 6.04 Å². The average molecular weight is 423 g/mol. The van der Waals surface area contributed by atoms with Gasteiger partial charge in [-0.15, -0.1) is 0 Å². The van der Waals surface area contributed by atoms with Gasteiger partial charge in [-0.3, -0.25) is 9.59 Å². The van der Waals surface area contributed by atoms with Gasteiger partial charge < -0.3 is 19.3 Å². The molecule has 2 amide bonds. The molecule has 0 aromatic heterocycles. The lowest BCUT2D eigenvalue weighted by atomic mass is 9.82. The number of hydrogen-bond donors (Lipinski definition) is 0. The summed E-state index contributed by atoms with van der Waals surface area (Å²) >= 11 is 0. The SMILES string of the molecule is COc1ccc(N2C(=O)CCC(C(=O)N3CCCCC3)C2c2ccccc2OC)cc1. The van der Waals surface area contributed by atoms with Gasteiger partial charge in [0.2, 0.25) is 11.8 Å². The lowest BCUT2D eigenvalue weighted by Gasteiger charge is -2.43. The number of carbonyl (C=O) groups is 2. The quantitative estimate of drug-likeness (QED) is 0.725. The highest BCUT2D eigenvalue weighted by Crippen LogP contribution is 2.44. The molecule has 31 heavy (non-hydrogen) atoms. The summed E-state index contributed by atoms with van der Waals surface area (Å²) in [4.78, 5) is 30.6. The van der Waals surface area contributed by atoms with E-state index in [-0.39, 0.29) is 17.7 Å². The summed E-state index contributed by atoms with van der Waals surface area (Å²) in [6.07, 6.45) is 4.14. The molecule has 0 N–H and O–H groups in total. The van der Waals surface area contributed by atoms with Crippen LogP contribution in [0.5, 0.6) is 11.5 Å². The predicted octanol–water partition coefficient (Wildman–Crippen LogP) is 4.20. The van der Waals surface area contributed by atoms with Gasteiger partial charge in [0.25, 0.3) is 0 Å². The van der Waals surface area contributed by atoms with Crippen molar-refractivity contribution in [2.24, 2.45) is 5.92 Å². The van der Waals surface area contributed by atoms with Crippen molar-refractivity contribution >= 4 is 17.5 Å². The number of anilines is 1. The van der Waals surface area contributed by atoms with Crippen LogP contribution < -0.4 is 14.4 Å². The second kappa shape index (κ2) is 9.41. The number of ether oxygens (including phenoxy) is 2. The van der Waals surface area contributed by atoms with Gasteiger partial charge in [-0.05, 0) is 56.0 Å². The fourth-order valence-corrected chi connectivity index (χ4v) is 4.81. The molecule has 4 rings (SSSR count). The summed E-state index contributed by atoms with van der Waals surface area (Å²) in [5, 5.41) is 0. The first-order valence-electron chi connectivity index (χ1n) is 11.0. The van der Waals surface area contributed by atoms with Gasteiger partial charge in [0.1, 0.15) is 11.5 Å². The summed E-state index contributed by atoms with van der Waals surface area (Å²) < 4.78 is 10.9. The summed E-state index contributed by atoms with van der Waals surface area (Å²) in [6.45, 7) is 1.59. The van der Waals surface area contributed by atoms with Crippen LogP contribution in [-0.4, -0.2) is 44.0 Å². The van der Waals surface area contributed by atoms with Gasteiger partial charge in [-0.25, -0.2) is 0 Å². The van der Waals surface area contributed by atoms with Crippen LogP contribution >= 0.6 is 0 Å². The molecule has 0 spiro atoms. The minimum Gasteiger partial charge on any atom is -0.497 e. The minimum absolute atomic E-state index is 0.0174. The molecular weight excluding hydrogens is 392 g/mol. The Hall–Kier alpha value is -3.02. The minimum atomic E-state index is -0.416. The summed E-state index contributed by atoms with van der Waals surface area (Å²) in [5.74, 6) is 1.26. The third kappa shape index (κ3) is 4.24. The molecule has 0 aliphatic carbocycles. The van der Waals surface area contributed by atoms with E-state index in [1.165, 1.54) is 6.42 Å². The molecule has 0 saturated carbocycles. The first-order valence-corrected chi connectivity index (χ1v) is 11.0. The summed E-state index contributed by atoms with van der Waals surface area (Å²) in [7, 11) is 3.24. The average Bonchev–Trinajstić information content (AvgIpc) is 2.84. The van der Waals surface area contributed by atoms with Crippen molar-refractivity contribution in [2.75, 3.05) is 32.2 Å². The molecule has 2 aliphatic rings. The molecule has 2 fully saturated rings. The van der Waals surface area contributed by atoms with E-state index in [9.17, 15) is 9.59 Å². The molecule has 0 bridgehead atoms. The summed E-state index contributed by atoms with van der Waals surface area (Å²) in [6, 6.07) is 14.7. The Bertz CT molecular complexity index is 921. The number of carbonyl (C=O) groups excluding carboxylic acids is 2.